The zero-order chi connectivity index (χ0) is 29.5. The molecule has 11 heteroatoms. The minimum atomic E-state index is -2.67. The van der Waals surface area contributed by atoms with E-state index in [2.05, 4.69) is 57.7 Å². The Kier molecular flexibility index (Phi) is 10.7. The first kappa shape index (κ1) is 31.6. The number of carbonyl (C=O) groups is 1. The maximum Gasteiger partial charge on any atom is 0.258 e. The monoisotopic (exact) mass is 581 g/mol. The molecule has 2 aliphatic heterocycles. The predicted octanol–water partition coefficient (Wildman–Crippen LogP) is 6.74. The van der Waals surface area contributed by atoms with Crippen LogP contribution >= 0.6 is 10.0 Å². The summed E-state index contributed by atoms with van der Waals surface area (Å²) in [6, 6.07) is 7.51. The Labute approximate surface area is 241 Å². The molecule has 0 unspecified atom stereocenters. The summed E-state index contributed by atoms with van der Waals surface area (Å²) >= 11 is 0. The van der Waals surface area contributed by atoms with Crippen LogP contribution in [-0.4, -0.2) is 81.6 Å². The summed E-state index contributed by atoms with van der Waals surface area (Å²) in [6.07, 6.45) is 6.87. The van der Waals surface area contributed by atoms with Gasteiger partial charge in [-0.2, -0.15) is 14.6 Å². The number of aryl methyl sites for hydroxylation is 1. The van der Waals surface area contributed by atoms with Crippen molar-refractivity contribution < 1.29 is 16.4 Å². The van der Waals surface area contributed by atoms with E-state index < -0.39 is 16.0 Å². The van der Waals surface area contributed by atoms with Gasteiger partial charge in [0.25, 0.3) is 11.8 Å². The lowest BCUT2D eigenvalue weighted by Gasteiger charge is -2.42. The van der Waals surface area contributed by atoms with Crippen LogP contribution in [0.25, 0.3) is 5.65 Å². The van der Waals surface area contributed by atoms with Gasteiger partial charge in [0.2, 0.25) is 5.95 Å². The van der Waals surface area contributed by atoms with E-state index >= 15 is 0 Å². The van der Waals surface area contributed by atoms with Crippen LogP contribution in [0.1, 0.15) is 65.7 Å². The minimum absolute atomic E-state index is 0. The topological polar surface area (TPSA) is 78.7 Å². The number of carbonyl (C=O) groups excluding carboxylic acids is 1. The Hall–Kier alpha value is -2.95. The number of amides is 1. The largest absolute Gasteiger partial charge is 0.369 e. The first-order valence-electron chi connectivity index (χ1n) is 14.2. The van der Waals surface area contributed by atoms with Crippen LogP contribution in [0.4, 0.5) is 26.2 Å². The molecule has 1 N–H and O–H groups in total. The molecule has 226 valence electrons. The average molecular weight is 582 g/mol. The number of alkyl halides is 2. The lowest BCUT2D eigenvalue weighted by Crippen LogP contribution is -2.40. The molecule has 2 fully saturated rings. The summed E-state index contributed by atoms with van der Waals surface area (Å²) in [4.78, 5) is 26.3. The lowest BCUT2D eigenvalue weighted by molar-refractivity contribution is -0.0223. The molecule has 0 radical (unpaired) electrons. The van der Waals surface area contributed by atoms with Gasteiger partial charge in [-0.3, -0.25) is 4.79 Å². The number of hydrogen-bond donors (Lipinski definition) is 1. The lowest BCUT2D eigenvalue weighted by atomic mass is 10.1. The molecule has 0 aliphatic carbocycles. The number of nitrogens with one attached hydrogen (secondary N) is 1. The molecule has 1 amide bonds. The van der Waals surface area contributed by atoms with Gasteiger partial charge in [0.05, 0.1) is 5.56 Å². The maximum absolute atomic E-state index is 13.7. The molecular formula is C29H49F2N7OS. The third-order valence-corrected chi connectivity index (χ3v) is 9.41. The smallest absolute Gasteiger partial charge is 0.258 e. The second kappa shape index (κ2) is 13.6. The Bertz CT molecular complexity index is 1270. The van der Waals surface area contributed by atoms with Crippen molar-refractivity contribution in [1.82, 2.24) is 19.6 Å². The second-order valence-corrected chi connectivity index (χ2v) is 15.0. The molecule has 0 bridgehead atoms. The SMILES string of the molecule is CC.CCC.Cc1ccc(C(=O)Nc2cc3ncnn3c(N3CCC(F)(F)CC3)n2)c(N2CCS(C)(C)CC2)c1.[HH].[HH]. The fraction of sp³-hybridized carbons (Fsp3) is 0.586. The van der Waals surface area contributed by atoms with Gasteiger partial charge in [-0.25, -0.2) is 23.8 Å². The molecule has 3 aromatic rings. The van der Waals surface area contributed by atoms with Crippen molar-refractivity contribution in [3.63, 3.8) is 0 Å². The summed E-state index contributed by atoms with van der Waals surface area (Å²) < 4.78 is 28.9. The Morgan fingerprint density at radius 2 is 1.68 bits per heavy atom. The zero-order valence-corrected chi connectivity index (χ0v) is 25.8. The number of aromatic nitrogens is 4. The Morgan fingerprint density at radius 3 is 2.30 bits per heavy atom. The number of benzene rings is 1. The van der Waals surface area contributed by atoms with Crippen LogP contribution in [-0.2, 0) is 0 Å². The minimum Gasteiger partial charge on any atom is -0.369 e. The summed E-state index contributed by atoms with van der Waals surface area (Å²) in [5.41, 5.74) is 3.11. The van der Waals surface area contributed by atoms with Crippen LogP contribution in [0.5, 0.6) is 0 Å². The molecule has 0 saturated carbocycles. The molecule has 2 saturated heterocycles. The van der Waals surface area contributed by atoms with E-state index in [1.807, 2.05) is 32.9 Å². The van der Waals surface area contributed by atoms with E-state index in [4.69, 9.17) is 0 Å². The highest BCUT2D eigenvalue weighted by Crippen LogP contribution is 2.43. The highest BCUT2D eigenvalue weighted by molar-refractivity contribution is 8.32. The molecule has 40 heavy (non-hydrogen) atoms. The predicted molar refractivity (Wildman–Crippen MR) is 169 cm³/mol. The van der Waals surface area contributed by atoms with Crippen molar-refractivity contribution in [2.45, 2.75) is 59.8 Å². The van der Waals surface area contributed by atoms with Crippen LogP contribution < -0.4 is 15.1 Å². The fourth-order valence-corrected chi connectivity index (χ4v) is 6.20. The van der Waals surface area contributed by atoms with E-state index in [1.54, 1.807) is 11.0 Å². The zero-order valence-electron chi connectivity index (χ0n) is 25.0. The van der Waals surface area contributed by atoms with Crippen LogP contribution in [0.15, 0.2) is 30.6 Å². The summed E-state index contributed by atoms with van der Waals surface area (Å²) in [6.45, 7) is 12.4. The number of rotatable bonds is 4. The van der Waals surface area contributed by atoms with E-state index in [0.717, 1.165) is 35.8 Å². The van der Waals surface area contributed by atoms with Crippen molar-refractivity contribution in [2.24, 2.45) is 0 Å². The molecule has 8 nitrogen and oxygen atoms in total. The van der Waals surface area contributed by atoms with Gasteiger partial charge in [0.15, 0.2) is 5.65 Å². The number of piperidine rings is 1. The van der Waals surface area contributed by atoms with Gasteiger partial charge in [-0.15, -0.1) is 0 Å². The number of hydrogen-bond acceptors (Lipinski definition) is 6. The molecule has 0 atom stereocenters. The summed E-state index contributed by atoms with van der Waals surface area (Å²) in [5.74, 6) is 0.0764. The van der Waals surface area contributed by atoms with E-state index in [9.17, 15) is 13.6 Å². The van der Waals surface area contributed by atoms with Crippen LogP contribution in [0, 0.1) is 6.92 Å². The van der Waals surface area contributed by atoms with E-state index in [-0.39, 0.29) is 34.7 Å². The molecule has 1 aromatic carbocycles. The summed E-state index contributed by atoms with van der Waals surface area (Å²) in [5, 5.41) is 7.13. The van der Waals surface area contributed by atoms with Gasteiger partial charge >= 0.3 is 0 Å². The van der Waals surface area contributed by atoms with Crippen molar-refractivity contribution >= 4 is 39.0 Å². The molecule has 2 aliphatic rings. The first-order valence-corrected chi connectivity index (χ1v) is 17.0. The normalized spacial score (nSPS) is 18.6. The average Bonchev–Trinajstić information content (AvgIpc) is 3.39. The van der Waals surface area contributed by atoms with Crippen molar-refractivity contribution in [2.75, 3.05) is 65.3 Å². The van der Waals surface area contributed by atoms with E-state index in [1.165, 1.54) is 17.3 Å². The van der Waals surface area contributed by atoms with Gasteiger partial charge in [0.1, 0.15) is 12.1 Å². The third kappa shape index (κ3) is 7.83. The number of fused-ring (bicyclic) bond motifs is 1. The first-order chi connectivity index (χ1) is 19.0. The van der Waals surface area contributed by atoms with Gasteiger partial charge in [0, 0.05) is 53.6 Å². The standard InChI is InChI=1S/C24H31F2N7OS.C3H8.C2H6.2H2/c1-17-4-5-18(19(14-17)31-10-12-35(2,3)13-11-31)22(34)29-20-15-21-27-16-28-33(21)23(30-20)32-8-6-24(25,26)7-9-32;1-3-2;1-2;;/h4-5,14-16H,6-13H2,1-3H3,(H,29,34);3H2,1-2H3;1-2H3;2*1H. The Morgan fingerprint density at radius 1 is 1.05 bits per heavy atom. The highest BCUT2D eigenvalue weighted by atomic mass is 32.3. The molecule has 5 rings (SSSR count). The maximum atomic E-state index is 13.7. The number of nitrogens with zero attached hydrogens (tertiary/aromatic N) is 6. The number of halogens is 2. The van der Waals surface area contributed by atoms with E-state index in [0.29, 0.717) is 23.0 Å². The van der Waals surface area contributed by atoms with Crippen molar-refractivity contribution in [3.8, 4) is 0 Å². The fourth-order valence-electron chi connectivity index (χ4n) is 4.56. The third-order valence-electron chi connectivity index (χ3n) is 6.84. The van der Waals surface area contributed by atoms with Gasteiger partial charge in [-0.1, -0.05) is 40.2 Å². The second-order valence-electron chi connectivity index (χ2n) is 10.7. The molecule has 0 spiro atoms. The summed E-state index contributed by atoms with van der Waals surface area (Å²) in [7, 11) is -0.573. The molecular weight excluding hydrogens is 532 g/mol. The van der Waals surface area contributed by atoms with Crippen molar-refractivity contribution in [3.05, 3.63) is 41.7 Å². The molecule has 4 heterocycles. The highest BCUT2D eigenvalue weighted by Gasteiger charge is 2.35. The quantitative estimate of drug-likeness (QED) is 0.368. The van der Waals surface area contributed by atoms with Crippen molar-refractivity contribution in [1.29, 1.82) is 0 Å². The Balaban J connectivity index is 0.00000119. The van der Waals surface area contributed by atoms with Crippen LogP contribution in [0.2, 0.25) is 0 Å². The number of anilines is 3. The van der Waals surface area contributed by atoms with Crippen LogP contribution in [0.3, 0.4) is 0 Å². The van der Waals surface area contributed by atoms with Gasteiger partial charge < -0.3 is 15.1 Å². The van der Waals surface area contributed by atoms with Gasteiger partial charge in [-0.05, 0) is 48.6 Å². The molecule has 2 aromatic heterocycles.